The number of hydrogen-bond donors (Lipinski definition) is 0. The maximum absolute atomic E-state index is 12.4. The first-order chi connectivity index (χ1) is 8.90. The SMILES string of the molecule is N#Cc1cc(Cl)cc(-c2ccc(C(F)(F)F)cc2)c1. The minimum Gasteiger partial charge on any atom is -0.192 e. The first-order valence-corrected chi connectivity index (χ1v) is 5.66. The number of hydrogen-bond acceptors (Lipinski definition) is 1. The van der Waals surface area contributed by atoms with Crippen molar-refractivity contribution in [2.45, 2.75) is 6.18 Å². The lowest BCUT2D eigenvalue weighted by molar-refractivity contribution is -0.137. The van der Waals surface area contributed by atoms with Gasteiger partial charge in [0.25, 0.3) is 0 Å². The molecule has 2 rings (SSSR count). The van der Waals surface area contributed by atoms with E-state index in [0.29, 0.717) is 21.7 Å². The molecule has 2 aromatic carbocycles. The molecule has 0 aliphatic carbocycles. The van der Waals surface area contributed by atoms with Crippen molar-refractivity contribution in [1.29, 1.82) is 5.26 Å². The Morgan fingerprint density at radius 1 is 0.947 bits per heavy atom. The number of halogens is 4. The van der Waals surface area contributed by atoms with Crippen LogP contribution in [0.15, 0.2) is 42.5 Å². The third-order valence-electron chi connectivity index (χ3n) is 2.57. The first-order valence-electron chi connectivity index (χ1n) is 5.28. The molecule has 5 heteroatoms. The minimum atomic E-state index is -4.36. The highest BCUT2D eigenvalue weighted by atomic mass is 35.5. The van der Waals surface area contributed by atoms with E-state index in [1.54, 1.807) is 12.1 Å². The Hall–Kier alpha value is -1.99. The molecule has 19 heavy (non-hydrogen) atoms. The third kappa shape index (κ3) is 3.07. The summed E-state index contributed by atoms with van der Waals surface area (Å²) in [6, 6.07) is 11.3. The van der Waals surface area contributed by atoms with E-state index in [4.69, 9.17) is 16.9 Å². The number of nitriles is 1. The highest BCUT2D eigenvalue weighted by Crippen LogP contribution is 2.31. The Kier molecular flexibility index (Phi) is 3.50. The predicted octanol–water partition coefficient (Wildman–Crippen LogP) is 4.90. The van der Waals surface area contributed by atoms with Crippen LogP contribution in [0.5, 0.6) is 0 Å². The van der Waals surface area contributed by atoms with Crippen LogP contribution in [0.1, 0.15) is 11.1 Å². The van der Waals surface area contributed by atoms with Crippen molar-refractivity contribution in [2.75, 3.05) is 0 Å². The summed E-state index contributed by atoms with van der Waals surface area (Å²) in [4.78, 5) is 0. The molecule has 0 aromatic heterocycles. The van der Waals surface area contributed by atoms with E-state index < -0.39 is 11.7 Å². The van der Waals surface area contributed by atoms with Gasteiger partial charge < -0.3 is 0 Å². The van der Waals surface area contributed by atoms with Crippen LogP contribution in [0, 0.1) is 11.3 Å². The summed E-state index contributed by atoms with van der Waals surface area (Å²) in [5.41, 5.74) is 0.839. The van der Waals surface area contributed by atoms with Crippen LogP contribution in [-0.4, -0.2) is 0 Å². The molecule has 0 saturated carbocycles. The van der Waals surface area contributed by atoms with Gasteiger partial charge in [0.15, 0.2) is 0 Å². The van der Waals surface area contributed by atoms with Crippen LogP contribution >= 0.6 is 11.6 Å². The van der Waals surface area contributed by atoms with Crippen molar-refractivity contribution in [1.82, 2.24) is 0 Å². The Labute approximate surface area is 112 Å². The van der Waals surface area contributed by atoms with Gasteiger partial charge in [0.05, 0.1) is 17.2 Å². The Balaban J connectivity index is 2.43. The number of alkyl halides is 3. The van der Waals surface area contributed by atoms with Crippen molar-refractivity contribution in [3.8, 4) is 17.2 Å². The molecular weight excluding hydrogens is 275 g/mol. The molecule has 1 nitrogen and oxygen atoms in total. The summed E-state index contributed by atoms with van der Waals surface area (Å²) < 4.78 is 37.3. The molecule has 2 aromatic rings. The van der Waals surface area contributed by atoms with Gasteiger partial charge in [0, 0.05) is 5.02 Å². The van der Waals surface area contributed by atoms with E-state index in [-0.39, 0.29) is 0 Å². The molecule has 0 aliphatic heterocycles. The second-order valence-corrected chi connectivity index (χ2v) is 4.35. The average molecular weight is 282 g/mol. The molecular formula is C14H7ClF3N. The number of rotatable bonds is 1. The molecule has 96 valence electrons. The molecule has 0 radical (unpaired) electrons. The highest BCUT2D eigenvalue weighted by molar-refractivity contribution is 6.31. The monoisotopic (exact) mass is 281 g/mol. The molecule has 0 spiro atoms. The maximum atomic E-state index is 12.4. The summed E-state index contributed by atoms with van der Waals surface area (Å²) >= 11 is 5.85. The lowest BCUT2D eigenvalue weighted by Gasteiger charge is -2.08. The second kappa shape index (κ2) is 4.94. The van der Waals surface area contributed by atoms with Crippen LogP contribution < -0.4 is 0 Å². The van der Waals surface area contributed by atoms with Crippen molar-refractivity contribution < 1.29 is 13.2 Å². The van der Waals surface area contributed by atoms with E-state index in [0.717, 1.165) is 12.1 Å². The van der Waals surface area contributed by atoms with Crippen molar-refractivity contribution >= 4 is 11.6 Å². The van der Waals surface area contributed by atoms with Gasteiger partial charge in [-0.3, -0.25) is 0 Å². The molecule has 0 fully saturated rings. The summed E-state index contributed by atoms with van der Waals surface area (Å²) in [7, 11) is 0. The molecule has 0 heterocycles. The minimum absolute atomic E-state index is 0.363. The third-order valence-corrected chi connectivity index (χ3v) is 2.79. The summed E-state index contributed by atoms with van der Waals surface area (Å²) in [6.07, 6.45) is -4.36. The fourth-order valence-corrected chi connectivity index (χ4v) is 1.91. The second-order valence-electron chi connectivity index (χ2n) is 3.92. The molecule has 0 amide bonds. The van der Waals surface area contributed by atoms with Crippen LogP contribution in [0.4, 0.5) is 13.2 Å². The van der Waals surface area contributed by atoms with E-state index in [9.17, 15) is 13.2 Å². The zero-order valence-electron chi connectivity index (χ0n) is 9.50. The maximum Gasteiger partial charge on any atom is 0.416 e. The van der Waals surface area contributed by atoms with Gasteiger partial charge in [-0.1, -0.05) is 23.7 Å². The van der Waals surface area contributed by atoms with E-state index >= 15 is 0 Å². The summed E-state index contributed by atoms with van der Waals surface area (Å²) in [6.45, 7) is 0. The van der Waals surface area contributed by atoms with Gasteiger partial charge >= 0.3 is 6.18 Å². The number of nitrogens with zero attached hydrogens (tertiary/aromatic N) is 1. The van der Waals surface area contributed by atoms with E-state index in [2.05, 4.69) is 0 Å². The standard InChI is InChI=1S/C14H7ClF3N/c15-13-6-9(8-19)5-11(7-13)10-1-3-12(4-2-10)14(16,17)18/h1-7H. The van der Waals surface area contributed by atoms with Crippen LogP contribution in [0.3, 0.4) is 0 Å². The van der Waals surface area contributed by atoms with Crippen LogP contribution in [-0.2, 0) is 6.18 Å². The van der Waals surface area contributed by atoms with E-state index in [1.807, 2.05) is 6.07 Å². The van der Waals surface area contributed by atoms with Crippen molar-refractivity contribution in [2.24, 2.45) is 0 Å². The van der Waals surface area contributed by atoms with Gasteiger partial charge in [0.1, 0.15) is 0 Å². The lowest BCUT2D eigenvalue weighted by Crippen LogP contribution is -2.03. The largest absolute Gasteiger partial charge is 0.416 e. The van der Waals surface area contributed by atoms with Gasteiger partial charge in [-0.25, -0.2) is 0 Å². The smallest absolute Gasteiger partial charge is 0.192 e. The zero-order valence-corrected chi connectivity index (χ0v) is 10.3. The molecule has 0 unspecified atom stereocenters. The highest BCUT2D eigenvalue weighted by Gasteiger charge is 2.29. The van der Waals surface area contributed by atoms with Crippen LogP contribution in [0.2, 0.25) is 5.02 Å². The van der Waals surface area contributed by atoms with Crippen molar-refractivity contribution in [3.05, 3.63) is 58.6 Å². The van der Waals surface area contributed by atoms with Gasteiger partial charge in [0.2, 0.25) is 0 Å². The fourth-order valence-electron chi connectivity index (χ4n) is 1.67. The Morgan fingerprint density at radius 2 is 1.58 bits per heavy atom. The fraction of sp³-hybridized carbons (Fsp3) is 0.0714. The topological polar surface area (TPSA) is 23.8 Å². The normalized spacial score (nSPS) is 11.1. The lowest BCUT2D eigenvalue weighted by atomic mass is 10.0. The van der Waals surface area contributed by atoms with Crippen LogP contribution in [0.25, 0.3) is 11.1 Å². The first kappa shape index (κ1) is 13.4. The molecule has 0 atom stereocenters. The van der Waals surface area contributed by atoms with Gasteiger partial charge in [-0.05, 0) is 41.5 Å². The van der Waals surface area contributed by atoms with Crippen molar-refractivity contribution in [3.63, 3.8) is 0 Å². The molecule has 0 aliphatic rings. The number of benzene rings is 2. The average Bonchev–Trinajstić information content (AvgIpc) is 2.37. The van der Waals surface area contributed by atoms with E-state index in [1.165, 1.54) is 18.2 Å². The zero-order chi connectivity index (χ0) is 14.0. The predicted molar refractivity (Wildman–Crippen MR) is 66.6 cm³/mol. The van der Waals surface area contributed by atoms with Gasteiger partial charge in [-0.2, -0.15) is 18.4 Å². The summed E-state index contributed by atoms with van der Waals surface area (Å²) in [5.74, 6) is 0. The molecule has 0 bridgehead atoms. The molecule has 0 N–H and O–H groups in total. The van der Waals surface area contributed by atoms with Gasteiger partial charge in [-0.15, -0.1) is 0 Å². The molecule has 0 saturated heterocycles. The Morgan fingerprint density at radius 3 is 2.11 bits per heavy atom. The quantitative estimate of drug-likeness (QED) is 0.729. The Bertz CT molecular complexity index is 639. The summed E-state index contributed by atoms with van der Waals surface area (Å²) in [5, 5.41) is 9.20.